The number of hydrogen-bond donors (Lipinski definition) is 0. The molecule has 1 spiro atoms. The quantitative estimate of drug-likeness (QED) is 0.493. The number of hydrogen-bond acceptors (Lipinski definition) is 4. The molecule has 5 heteroatoms. The molecule has 0 bridgehead atoms. The fourth-order valence-corrected chi connectivity index (χ4v) is 5.59. The number of allylic oxidation sites excluding steroid dienone is 4. The number of fused-ring (bicyclic) bond motifs is 1. The predicted octanol–water partition coefficient (Wildman–Crippen LogP) is 5.40. The minimum absolute atomic E-state index is 0.109. The summed E-state index contributed by atoms with van der Waals surface area (Å²) in [6, 6.07) is 5.14. The highest BCUT2D eigenvalue weighted by molar-refractivity contribution is 8.01. The third-order valence-electron chi connectivity index (χ3n) is 5.79. The van der Waals surface area contributed by atoms with Gasteiger partial charge >= 0.3 is 0 Å². The molecular formula is C21H22N2O2S. The average Bonchev–Trinajstić information content (AvgIpc) is 2.76. The van der Waals surface area contributed by atoms with Gasteiger partial charge < -0.3 is 4.90 Å². The zero-order chi connectivity index (χ0) is 18.7. The Bertz CT molecular complexity index is 926. The van der Waals surface area contributed by atoms with Crippen molar-refractivity contribution in [3.05, 3.63) is 75.5 Å². The molecule has 4 rings (SSSR count). The van der Waals surface area contributed by atoms with Crippen molar-refractivity contribution < 1.29 is 4.92 Å². The van der Waals surface area contributed by atoms with Gasteiger partial charge in [0.15, 0.2) is 0 Å². The lowest BCUT2D eigenvalue weighted by Gasteiger charge is -2.46. The maximum absolute atomic E-state index is 11.1. The molecule has 0 saturated heterocycles. The number of nitro groups is 1. The number of benzene rings is 1. The number of rotatable bonds is 1. The van der Waals surface area contributed by atoms with Crippen LogP contribution >= 0.6 is 11.8 Å². The van der Waals surface area contributed by atoms with Crippen molar-refractivity contribution in [2.45, 2.75) is 30.5 Å². The Morgan fingerprint density at radius 1 is 1.19 bits per heavy atom. The standard InChI is InChI=1S/C21H22N2O2S/c1-14-5-8-17-18(9-6-14)22(4)21(20(17,2)3)12-11-15-13-16(23(24)25)7-10-19(15)26-21/h5-14H,1-4H3. The van der Waals surface area contributed by atoms with Gasteiger partial charge in [0.2, 0.25) is 0 Å². The fourth-order valence-electron chi connectivity index (χ4n) is 4.14. The highest BCUT2D eigenvalue weighted by Crippen LogP contribution is 2.61. The van der Waals surface area contributed by atoms with Crippen molar-refractivity contribution in [1.82, 2.24) is 4.90 Å². The third kappa shape index (κ3) is 2.23. The van der Waals surface area contributed by atoms with Gasteiger partial charge in [0.05, 0.1) is 4.92 Å². The van der Waals surface area contributed by atoms with Crippen molar-refractivity contribution in [2.75, 3.05) is 7.05 Å². The minimum Gasteiger partial charge on any atom is -0.355 e. The molecule has 0 saturated carbocycles. The van der Waals surface area contributed by atoms with Gasteiger partial charge in [-0.1, -0.05) is 56.8 Å². The molecule has 3 aliphatic rings. The second kappa shape index (κ2) is 5.61. The molecule has 2 heterocycles. The number of non-ortho nitro benzene ring substituents is 1. The summed E-state index contributed by atoms with van der Waals surface area (Å²) < 4.78 is 0. The normalized spacial score (nSPS) is 28.3. The summed E-state index contributed by atoms with van der Waals surface area (Å²) in [7, 11) is 2.14. The van der Waals surface area contributed by atoms with Gasteiger partial charge in [-0.05, 0) is 35.3 Å². The van der Waals surface area contributed by atoms with Crippen molar-refractivity contribution in [1.29, 1.82) is 0 Å². The Hall–Kier alpha value is -2.27. The Morgan fingerprint density at radius 2 is 1.92 bits per heavy atom. The van der Waals surface area contributed by atoms with Gasteiger partial charge in [0.25, 0.3) is 5.69 Å². The van der Waals surface area contributed by atoms with Crippen LogP contribution in [-0.2, 0) is 0 Å². The maximum Gasteiger partial charge on any atom is 0.270 e. The first-order chi connectivity index (χ1) is 12.3. The molecule has 2 aliphatic heterocycles. The van der Waals surface area contributed by atoms with Crippen LogP contribution in [-0.4, -0.2) is 21.7 Å². The van der Waals surface area contributed by atoms with Crippen LogP contribution in [0.25, 0.3) is 6.08 Å². The first-order valence-corrected chi connectivity index (χ1v) is 9.59. The van der Waals surface area contributed by atoms with E-state index in [1.54, 1.807) is 23.9 Å². The van der Waals surface area contributed by atoms with E-state index in [-0.39, 0.29) is 20.9 Å². The van der Waals surface area contributed by atoms with Crippen LogP contribution < -0.4 is 0 Å². The van der Waals surface area contributed by atoms with E-state index in [0.29, 0.717) is 5.92 Å². The summed E-state index contributed by atoms with van der Waals surface area (Å²) in [6.07, 6.45) is 13.2. The highest BCUT2D eigenvalue weighted by Gasteiger charge is 2.56. The molecule has 0 amide bonds. The third-order valence-corrected chi connectivity index (χ3v) is 7.61. The van der Waals surface area contributed by atoms with E-state index in [4.69, 9.17) is 0 Å². The molecule has 1 aliphatic carbocycles. The molecule has 0 fully saturated rings. The summed E-state index contributed by atoms with van der Waals surface area (Å²) in [5, 5.41) is 11.1. The number of likely N-dealkylation sites (N-methyl/N-ethyl adjacent to an activating group) is 1. The highest BCUT2D eigenvalue weighted by atomic mass is 32.2. The summed E-state index contributed by atoms with van der Waals surface area (Å²) in [6.45, 7) is 6.76. The van der Waals surface area contributed by atoms with Gasteiger partial charge in [-0.3, -0.25) is 10.1 Å². The van der Waals surface area contributed by atoms with Crippen LogP contribution in [0.1, 0.15) is 26.3 Å². The smallest absolute Gasteiger partial charge is 0.270 e. The van der Waals surface area contributed by atoms with Crippen molar-refractivity contribution >= 4 is 23.5 Å². The van der Waals surface area contributed by atoms with Crippen LogP contribution in [0, 0.1) is 21.4 Å². The minimum atomic E-state index is -0.338. The second-order valence-corrected chi connectivity index (χ2v) is 8.94. The Morgan fingerprint density at radius 3 is 2.65 bits per heavy atom. The SMILES string of the molecule is CC1C=CC2=C(C=C1)C(C)(C)C1(C=Cc3cc([N+](=O)[O-])ccc3S1)N2C. The lowest BCUT2D eigenvalue weighted by Crippen LogP contribution is -2.47. The fraction of sp³-hybridized carbons (Fsp3) is 0.333. The monoisotopic (exact) mass is 366 g/mol. The van der Waals surface area contributed by atoms with E-state index in [1.807, 2.05) is 12.1 Å². The van der Waals surface area contributed by atoms with Crippen molar-refractivity contribution in [3.63, 3.8) is 0 Å². The molecule has 4 nitrogen and oxygen atoms in total. The summed E-state index contributed by atoms with van der Waals surface area (Å²) in [5.74, 6) is 0.427. The van der Waals surface area contributed by atoms with Crippen molar-refractivity contribution in [2.24, 2.45) is 11.3 Å². The topological polar surface area (TPSA) is 46.4 Å². The molecule has 0 radical (unpaired) electrons. The Labute approximate surface area is 158 Å². The van der Waals surface area contributed by atoms with Crippen LogP contribution in [0.4, 0.5) is 5.69 Å². The summed E-state index contributed by atoms with van der Waals surface area (Å²) in [4.78, 5) is 13.9. The van der Waals surface area contributed by atoms with E-state index >= 15 is 0 Å². The lowest BCUT2D eigenvalue weighted by molar-refractivity contribution is -0.384. The van der Waals surface area contributed by atoms with Crippen LogP contribution in [0.5, 0.6) is 0 Å². The van der Waals surface area contributed by atoms with E-state index in [2.05, 4.69) is 63.1 Å². The van der Waals surface area contributed by atoms with Crippen LogP contribution in [0.3, 0.4) is 0 Å². The van der Waals surface area contributed by atoms with E-state index < -0.39 is 0 Å². The lowest BCUT2D eigenvalue weighted by atomic mass is 9.78. The molecule has 1 aromatic rings. The first kappa shape index (κ1) is 17.2. The van der Waals surface area contributed by atoms with E-state index in [0.717, 1.165) is 10.5 Å². The predicted molar refractivity (Wildman–Crippen MR) is 107 cm³/mol. The van der Waals surface area contributed by atoms with Gasteiger partial charge in [-0.25, -0.2) is 0 Å². The Kier molecular flexibility index (Phi) is 3.70. The van der Waals surface area contributed by atoms with Crippen molar-refractivity contribution in [3.8, 4) is 0 Å². The molecule has 1 aromatic carbocycles. The van der Waals surface area contributed by atoms with Crippen LogP contribution in [0.15, 0.2) is 64.7 Å². The molecule has 26 heavy (non-hydrogen) atoms. The van der Waals surface area contributed by atoms with Gasteiger partial charge in [0, 0.05) is 35.2 Å². The number of nitrogens with zero attached hydrogens (tertiary/aromatic N) is 2. The number of nitro benzene ring substituents is 1. The van der Waals surface area contributed by atoms with Gasteiger partial charge in [0.1, 0.15) is 4.87 Å². The number of thioether (sulfide) groups is 1. The van der Waals surface area contributed by atoms with E-state index in [1.165, 1.54) is 11.3 Å². The molecule has 0 N–H and O–H groups in total. The average molecular weight is 366 g/mol. The summed E-state index contributed by atoms with van der Waals surface area (Å²) in [5.41, 5.74) is 3.53. The molecular weight excluding hydrogens is 344 g/mol. The maximum atomic E-state index is 11.1. The van der Waals surface area contributed by atoms with Gasteiger partial charge in [-0.15, -0.1) is 0 Å². The molecule has 0 aromatic heterocycles. The first-order valence-electron chi connectivity index (χ1n) is 8.78. The van der Waals surface area contributed by atoms with E-state index in [9.17, 15) is 10.1 Å². The summed E-state index contributed by atoms with van der Waals surface area (Å²) >= 11 is 1.78. The second-order valence-electron chi connectivity index (χ2n) is 7.67. The zero-order valence-electron chi connectivity index (χ0n) is 15.4. The molecule has 2 atom stereocenters. The zero-order valence-corrected chi connectivity index (χ0v) is 16.2. The largest absolute Gasteiger partial charge is 0.355 e. The Balaban J connectivity index is 1.80. The van der Waals surface area contributed by atoms with Gasteiger partial charge in [-0.2, -0.15) is 0 Å². The molecule has 2 unspecified atom stereocenters. The van der Waals surface area contributed by atoms with Crippen LogP contribution in [0.2, 0.25) is 0 Å². The molecule has 134 valence electrons.